The topological polar surface area (TPSA) is 59.1 Å². The lowest BCUT2D eigenvalue weighted by Gasteiger charge is -2.02. The van der Waals surface area contributed by atoms with E-state index in [1.807, 2.05) is 0 Å². The molecular weight excluding hydrogens is 384 g/mol. The van der Waals surface area contributed by atoms with Gasteiger partial charge in [0, 0.05) is 17.5 Å². The summed E-state index contributed by atoms with van der Waals surface area (Å²) in [5.74, 6) is 0. The van der Waals surface area contributed by atoms with Crippen molar-refractivity contribution >= 4 is 44.3 Å². The number of benzene rings is 1. The Hall–Kier alpha value is -1.25. The highest BCUT2D eigenvalue weighted by Crippen LogP contribution is 2.25. The van der Waals surface area contributed by atoms with Gasteiger partial charge in [0.25, 0.3) is 0 Å². The lowest BCUT2D eigenvalue weighted by Crippen LogP contribution is -2.22. The minimum atomic E-state index is -3.54. The van der Waals surface area contributed by atoms with Crippen LogP contribution in [-0.2, 0) is 23.0 Å². The molecule has 0 aliphatic carbocycles. The second kappa shape index (κ2) is 7.33. The van der Waals surface area contributed by atoms with Gasteiger partial charge in [-0.05, 0) is 24.6 Å². The zero-order chi connectivity index (χ0) is 17.2. The van der Waals surface area contributed by atoms with E-state index in [2.05, 4.69) is 40.9 Å². The number of sulfonamides is 1. The first kappa shape index (κ1) is 17.6. The van der Waals surface area contributed by atoms with Gasteiger partial charge in [-0.3, -0.25) is 0 Å². The average Bonchev–Trinajstić information content (AvgIpc) is 3.17. The van der Waals surface area contributed by atoms with Crippen molar-refractivity contribution < 1.29 is 8.42 Å². The number of hydrogen-bond donors (Lipinski definition) is 1. The molecule has 0 saturated carbocycles. The zero-order valence-corrected chi connectivity index (χ0v) is 16.0. The van der Waals surface area contributed by atoms with Crippen LogP contribution in [0.5, 0.6) is 0 Å². The number of thiazole rings is 1. The van der Waals surface area contributed by atoms with E-state index in [0.29, 0.717) is 4.34 Å². The number of nitrogens with one attached hydrogen (secondary N) is 1. The second-order valence-electron chi connectivity index (χ2n) is 5.27. The quantitative estimate of drug-likeness (QED) is 0.675. The summed E-state index contributed by atoms with van der Waals surface area (Å²) in [4.78, 5) is 5.40. The van der Waals surface area contributed by atoms with Crippen molar-refractivity contribution in [2.45, 2.75) is 24.1 Å². The number of rotatable bonds is 6. The van der Waals surface area contributed by atoms with Crippen LogP contribution in [0.2, 0.25) is 4.34 Å². The van der Waals surface area contributed by atoms with E-state index < -0.39 is 10.0 Å². The normalized spacial score (nSPS) is 11.8. The highest BCUT2D eigenvalue weighted by atomic mass is 35.5. The monoisotopic (exact) mass is 398 g/mol. The first-order valence-electron chi connectivity index (χ1n) is 7.16. The number of aryl methyl sites for hydroxylation is 1. The second-order valence-corrected chi connectivity index (χ2v) is 10.2. The summed E-state index contributed by atoms with van der Waals surface area (Å²) >= 11 is 8.34. The van der Waals surface area contributed by atoms with Crippen LogP contribution in [0.4, 0.5) is 0 Å². The number of halogens is 1. The van der Waals surface area contributed by atoms with Crippen LogP contribution in [0, 0.1) is 6.92 Å². The fraction of sp³-hybridized carbons (Fsp3) is 0.188. The Kier molecular flexibility index (Phi) is 5.36. The molecule has 8 heteroatoms. The smallest absolute Gasteiger partial charge is 0.248 e. The van der Waals surface area contributed by atoms with Gasteiger partial charge < -0.3 is 0 Å². The molecule has 0 radical (unpaired) electrons. The van der Waals surface area contributed by atoms with Crippen LogP contribution < -0.4 is 4.72 Å². The highest BCUT2D eigenvalue weighted by Gasteiger charge is 2.17. The molecule has 2 heterocycles. The predicted octanol–water partition coefficient (Wildman–Crippen LogP) is 4.24. The lowest BCUT2D eigenvalue weighted by molar-refractivity contribution is 0.583. The molecule has 0 aliphatic heterocycles. The van der Waals surface area contributed by atoms with E-state index in [-0.39, 0.29) is 10.8 Å². The fourth-order valence-electron chi connectivity index (χ4n) is 2.09. The number of aromatic nitrogens is 1. The maximum absolute atomic E-state index is 12.2. The molecule has 4 nitrogen and oxygen atoms in total. The van der Waals surface area contributed by atoms with Crippen molar-refractivity contribution in [2.24, 2.45) is 0 Å². The van der Waals surface area contributed by atoms with Crippen molar-refractivity contribution in [3.63, 3.8) is 0 Å². The summed E-state index contributed by atoms with van der Waals surface area (Å²) in [5.41, 5.74) is 2.44. The highest BCUT2D eigenvalue weighted by molar-refractivity contribution is 7.91. The number of hydrogen-bond acceptors (Lipinski definition) is 5. The summed E-state index contributed by atoms with van der Waals surface area (Å²) in [6, 6.07) is 11.4. The first-order chi connectivity index (χ1) is 11.4. The number of nitrogens with zero attached hydrogens (tertiary/aromatic N) is 1. The van der Waals surface area contributed by atoms with Crippen molar-refractivity contribution in [1.82, 2.24) is 9.71 Å². The molecular formula is C16H15ClN2O2S3. The molecule has 0 bridgehead atoms. The minimum absolute atomic E-state index is 0.177. The molecule has 3 rings (SSSR count). The summed E-state index contributed by atoms with van der Waals surface area (Å²) in [7, 11) is -3.54. The third-order valence-corrected chi connectivity index (χ3v) is 7.45. The van der Waals surface area contributed by atoms with Crippen LogP contribution in [0.15, 0.2) is 46.8 Å². The van der Waals surface area contributed by atoms with Crippen LogP contribution in [0.3, 0.4) is 0 Å². The standard InChI is InChI=1S/C16H15ClN2O2S3/c1-11-2-4-12(5-3-11)8-13-9-18-15(22-13)10-19-24(20,21)16-7-6-14(17)23-16/h2-7,9,19H,8,10H2,1H3. The van der Waals surface area contributed by atoms with Gasteiger partial charge in [0.1, 0.15) is 9.22 Å². The van der Waals surface area contributed by atoms with Gasteiger partial charge in [-0.1, -0.05) is 41.4 Å². The molecule has 0 fully saturated rings. The van der Waals surface area contributed by atoms with Crippen molar-refractivity contribution in [1.29, 1.82) is 0 Å². The third-order valence-electron chi connectivity index (χ3n) is 3.33. The Bertz CT molecular complexity index is 930. The Balaban J connectivity index is 1.63. The summed E-state index contributed by atoms with van der Waals surface area (Å²) < 4.78 is 27.6. The van der Waals surface area contributed by atoms with Gasteiger partial charge in [0.05, 0.1) is 10.9 Å². The van der Waals surface area contributed by atoms with Gasteiger partial charge >= 0.3 is 0 Å². The molecule has 0 atom stereocenters. The average molecular weight is 399 g/mol. The lowest BCUT2D eigenvalue weighted by atomic mass is 10.1. The SMILES string of the molecule is Cc1ccc(Cc2cnc(CNS(=O)(=O)c3ccc(Cl)s3)s2)cc1. The van der Waals surface area contributed by atoms with Crippen LogP contribution in [0.25, 0.3) is 0 Å². The maximum atomic E-state index is 12.2. The number of thiophene rings is 1. The molecule has 1 aromatic carbocycles. The van der Waals surface area contributed by atoms with Crippen LogP contribution in [-0.4, -0.2) is 13.4 Å². The summed E-state index contributed by atoms with van der Waals surface area (Å²) in [6.45, 7) is 2.23. The Morgan fingerprint density at radius 3 is 2.54 bits per heavy atom. The third kappa shape index (κ3) is 4.43. The zero-order valence-electron chi connectivity index (χ0n) is 12.8. The van der Waals surface area contributed by atoms with Crippen molar-refractivity contribution in [2.75, 3.05) is 0 Å². The molecule has 126 valence electrons. The molecule has 1 N–H and O–H groups in total. The van der Waals surface area contributed by atoms with Crippen LogP contribution in [0.1, 0.15) is 21.0 Å². The molecule has 3 aromatic rings. The molecule has 0 unspecified atom stereocenters. The van der Waals surface area contributed by atoms with E-state index in [1.165, 1.54) is 28.5 Å². The Morgan fingerprint density at radius 1 is 1.12 bits per heavy atom. The molecule has 0 spiro atoms. The van der Waals surface area contributed by atoms with Crippen molar-refractivity contribution in [3.05, 3.63) is 67.9 Å². The van der Waals surface area contributed by atoms with E-state index in [0.717, 1.165) is 27.6 Å². The van der Waals surface area contributed by atoms with Gasteiger partial charge in [0.2, 0.25) is 10.0 Å². The molecule has 24 heavy (non-hydrogen) atoms. The van der Waals surface area contributed by atoms with E-state index in [4.69, 9.17) is 11.6 Å². The Morgan fingerprint density at radius 2 is 1.88 bits per heavy atom. The van der Waals surface area contributed by atoms with Gasteiger partial charge in [-0.2, -0.15) is 0 Å². The molecule has 0 saturated heterocycles. The van der Waals surface area contributed by atoms with Crippen LogP contribution >= 0.6 is 34.3 Å². The summed E-state index contributed by atoms with van der Waals surface area (Å²) in [6.07, 6.45) is 2.60. The van der Waals surface area contributed by atoms with E-state index in [9.17, 15) is 8.42 Å². The largest absolute Gasteiger partial charge is 0.250 e. The van der Waals surface area contributed by atoms with Crippen molar-refractivity contribution in [3.8, 4) is 0 Å². The van der Waals surface area contributed by atoms with E-state index in [1.54, 1.807) is 12.3 Å². The first-order valence-corrected chi connectivity index (χ1v) is 10.7. The summed E-state index contributed by atoms with van der Waals surface area (Å²) in [5, 5.41) is 0.739. The molecule has 0 amide bonds. The van der Waals surface area contributed by atoms with Gasteiger partial charge in [-0.25, -0.2) is 18.1 Å². The molecule has 2 aromatic heterocycles. The minimum Gasteiger partial charge on any atom is -0.248 e. The Labute approximate surface area is 154 Å². The van der Waals surface area contributed by atoms with Gasteiger partial charge in [0.15, 0.2) is 0 Å². The van der Waals surface area contributed by atoms with Gasteiger partial charge in [-0.15, -0.1) is 22.7 Å². The fourth-order valence-corrected chi connectivity index (χ4v) is 5.59. The molecule has 0 aliphatic rings. The predicted molar refractivity (Wildman–Crippen MR) is 99.5 cm³/mol. The maximum Gasteiger partial charge on any atom is 0.250 e. The van der Waals surface area contributed by atoms with E-state index >= 15 is 0 Å².